The van der Waals surface area contributed by atoms with Crippen molar-refractivity contribution < 1.29 is 4.79 Å². The number of carbonyl (C=O) groups excluding carboxylic acids is 1. The molecule has 0 bridgehead atoms. The lowest BCUT2D eigenvalue weighted by Gasteiger charge is -2.05. The molecular formula is C20H17N5O. The van der Waals surface area contributed by atoms with Gasteiger partial charge in [-0.25, -0.2) is 15.0 Å². The summed E-state index contributed by atoms with van der Waals surface area (Å²) in [7, 11) is 0. The summed E-state index contributed by atoms with van der Waals surface area (Å²) < 4.78 is 1.61. The van der Waals surface area contributed by atoms with E-state index >= 15 is 0 Å². The first-order valence-electron chi connectivity index (χ1n) is 8.49. The Bertz CT molecular complexity index is 1040. The Morgan fingerprint density at radius 3 is 2.58 bits per heavy atom. The molecule has 2 aromatic carbocycles. The summed E-state index contributed by atoms with van der Waals surface area (Å²) in [6.07, 6.45) is 6.60. The molecule has 128 valence electrons. The Balaban J connectivity index is 1.42. The van der Waals surface area contributed by atoms with Crippen LogP contribution in [-0.2, 0) is 6.42 Å². The minimum absolute atomic E-state index is 0.137. The molecule has 0 aliphatic heterocycles. The number of ketones is 1. The van der Waals surface area contributed by atoms with Crippen molar-refractivity contribution in [3.05, 3.63) is 78.6 Å². The minimum Gasteiger partial charge on any atom is -0.294 e. The zero-order chi connectivity index (χ0) is 17.8. The first-order chi connectivity index (χ1) is 12.8. The van der Waals surface area contributed by atoms with Gasteiger partial charge in [0.15, 0.2) is 5.78 Å². The molecule has 0 spiro atoms. The minimum atomic E-state index is 0.137. The highest BCUT2D eigenvalue weighted by molar-refractivity contribution is 5.99. The number of fused-ring (bicyclic) bond motifs is 1. The lowest BCUT2D eigenvalue weighted by molar-refractivity contribution is 0.0980. The van der Waals surface area contributed by atoms with Crippen LogP contribution in [0.1, 0.15) is 29.0 Å². The van der Waals surface area contributed by atoms with Crippen LogP contribution in [0.3, 0.4) is 0 Å². The molecule has 0 fully saturated rings. The Morgan fingerprint density at radius 1 is 0.923 bits per heavy atom. The molecule has 4 aromatic rings. The predicted octanol–water partition coefficient (Wildman–Crippen LogP) is 3.42. The summed E-state index contributed by atoms with van der Waals surface area (Å²) in [5, 5.41) is 6.39. The highest BCUT2D eigenvalue weighted by Crippen LogP contribution is 2.17. The molecular weight excluding hydrogens is 326 g/mol. The van der Waals surface area contributed by atoms with E-state index in [1.165, 1.54) is 6.33 Å². The second-order valence-electron chi connectivity index (χ2n) is 5.98. The number of aryl methyl sites for hydroxylation is 1. The second-order valence-corrected chi connectivity index (χ2v) is 5.98. The molecule has 0 radical (unpaired) electrons. The van der Waals surface area contributed by atoms with Crippen LogP contribution in [-0.4, -0.2) is 30.5 Å². The van der Waals surface area contributed by atoms with Gasteiger partial charge in [-0.05, 0) is 29.3 Å². The second kappa shape index (κ2) is 7.23. The smallest absolute Gasteiger partial charge is 0.252 e. The van der Waals surface area contributed by atoms with E-state index in [0.29, 0.717) is 25.2 Å². The van der Waals surface area contributed by atoms with Crippen molar-refractivity contribution in [2.75, 3.05) is 0 Å². The predicted molar refractivity (Wildman–Crippen MR) is 98.2 cm³/mol. The lowest BCUT2D eigenvalue weighted by Crippen LogP contribution is -2.08. The molecule has 0 aliphatic rings. The van der Waals surface area contributed by atoms with E-state index in [4.69, 9.17) is 0 Å². The number of rotatable bonds is 6. The van der Waals surface area contributed by atoms with Gasteiger partial charge in [0, 0.05) is 30.8 Å². The summed E-state index contributed by atoms with van der Waals surface area (Å²) in [5.74, 6) is 1.38. The zero-order valence-electron chi connectivity index (χ0n) is 14.1. The number of hydrogen-bond donors (Lipinski definition) is 0. The van der Waals surface area contributed by atoms with Crippen LogP contribution in [0.15, 0.2) is 67.3 Å². The number of carbonyl (C=O) groups is 1. The van der Waals surface area contributed by atoms with Crippen LogP contribution in [0.25, 0.3) is 16.7 Å². The van der Waals surface area contributed by atoms with E-state index in [-0.39, 0.29) is 5.78 Å². The molecule has 4 rings (SSSR count). The van der Waals surface area contributed by atoms with E-state index in [0.717, 1.165) is 22.2 Å². The van der Waals surface area contributed by atoms with E-state index in [1.54, 1.807) is 23.1 Å². The maximum Gasteiger partial charge on any atom is 0.252 e. The summed E-state index contributed by atoms with van der Waals surface area (Å²) in [6.45, 7) is 0. The van der Waals surface area contributed by atoms with E-state index in [9.17, 15) is 4.79 Å². The summed E-state index contributed by atoms with van der Waals surface area (Å²) in [5.41, 5.74) is 0.747. The Kier molecular flexibility index (Phi) is 4.47. The average Bonchev–Trinajstić information content (AvgIpc) is 3.17. The number of aromatic nitrogens is 5. The third kappa shape index (κ3) is 3.35. The van der Waals surface area contributed by atoms with Gasteiger partial charge in [-0.3, -0.25) is 4.79 Å². The Morgan fingerprint density at radius 2 is 1.73 bits per heavy atom. The van der Waals surface area contributed by atoms with Gasteiger partial charge in [-0.1, -0.05) is 36.4 Å². The molecule has 0 aliphatic carbocycles. The first-order valence-corrected chi connectivity index (χ1v) is 8.49. The van der Waals surface area contributed by atoms with Gasteiger partial charge in [-0.2, -0.15) is 9.78 Å². The molecule has 0 amide bonds. The van der Waals surface area contributed by atoms with Crippen molar-refractivity contribution in [3.63, 3.8) is 0 Å². The SMILES string of the molecule is O=C(CCCc1ncnn1-c1ncccn1)c1ccc2ccccc2c1. The molecule has 0 atom stereocenters. The van der Waals surface area contributed by atoms with Crippen LogP contribution < -0.4 is 0 Å². The summed E-state index contributed by atoms with van der Waals surface area (Å²) in [4.78, 5) is 25.1. The average molecular weight is 343 g/mol. The fourth-order valence-electron chi connectivity index (χ4n) is 2.92. The van der Waals surface area contributed by atoms with E-state index < -0.39 is 0 Å². The number of Topliss-reactive ketones (excluding diaryl/α,β-unsaturated/α-hetero) is 1. The third-order valence-corrected chi connectivity index (χ3v) is 4.24. The van der Waals surface area contributed by atoms with Crippen molar-refractivity contribution in [1.29, 1.82) is 0 Å². The van der Waals surface area contributed by atoms with Gasteiger partial charge in [0.05, 0.1) is 0 Å². The first kappa shape index (κ1) is 16.1. The van der Waals surface area contributed by atoms with Crippen LogP contribution in [0, 0.1) is 0 Å². The molecule has 2 aromatic heterocycles. The van der Waals surface area contributed by atoms with Gasteiger partial charge in [0.1, 0.15) is 12.2 Å². The van der Waals surface area contributed by atoms with Crippen molar-refractivity contribution in [1.82, 2.24) is 24.7 Å². The number of nitrogens with zero attached hydrogens (tertiary/aromatic N) is 5. The summed E-state index contributed by atoms with van der Waals surface area (Å²) in [6, 6.07) is 15.6. The van der Waals surface area contributed by atoms with Gasteiger partial charge in [0.25, 0.3) is 5.95 Å². The standard InChI is InChI=1S/C20H17N5O/c26-18(17-10-9-15-5-1-2-6-16(15)13-17)7-3-8-19-23-14-24-25(19)20-21-11-4-12-22-20/h1-2,4-6,9-14H,3,7-8H2. The van der Waals surface area contributed by atoms with Gasteiger partial charge < -0.3 is 0 Å². The normalized spacial score (nSPS) is 10.9. The molecule has 26 heavy (non-hydrogen) atoms. The van der Waals surface area contributed by atoms with Gasteiger partial charge in [-0.15, -0.1) is 0 Å². The summed E-state index contributed by atoms with van der Waals surface area (Å²) >= 11 is 0. The number of hydrogen-bond acceptors (Lipinski definition) is 5. The third-order valence-electron chi connectivity index (χ3n) is 4.24. The lowest BCUT2D eigenvalue weighted by atomic mass is 10.0. The van der Waals surface area contributed by atoms with Crippen LogP contribution in [0.4, 0.5) is 0 Å². The van der Waals surface area contributed by atoms with Crippen molar-refractivity contribution in [3.8, 4) is 5.95 Å². The van der Waals surface area contributed by atoms with Crippen molar-refractivity contribution in [2.45, 2.75) is 19.3 Å². The molecule has 6 heteroatoms. The van der Waals surface area contributed by atoms with Crippen molar-refractivity contribution >= 4 is 16.6 Å². The Hall–Kier alpha value is -3.41. The van der Waals surface area contributed by atoms with Crippen LogP contribution >= 0.6 is 0 Å². The molecule has 6 nitrogen and oxygen atoms in total. The monoisotopic (exact) mass is 343 g/mol. The molecule has 0 saturated carbocycles. The fourth-order valence-corrected chi connectivity index (χ4v) is 2.92. The van der Waals surface area contributed by atoms with Crippen LogP contribution in [0.5, 0.6) is 0 Å². The number of benzene rings is 2. The maximum absolute atomic E-state index is 12.5. The molecule has 0 N–H and O–H groups in total. The maximum atomic E-state index is 12.5. The van der Waals surface area contributed by atoms with Gasteiger partial charge in [0.2, 0.25) is 0 Å². The topological polar surface area (TPSA) is 73.6 Å². The quantitative estimate of drug-likeness (QED) is 0.502. The highest BCUT2D eigenvalue weighted by Gasteiger charge is 2.11. The Labute approximate surface area is 150 Å². The molecule has 0 saturated heterocycles. The van der Waals surface area contributed by atoms with E-state index in [2.05, 4.69) is 20.1 Å². The zero-order valence-corrected chi connectivity index (χ0v) is 14.1. The van der Waals surface area contributed by atoms with Crippen LogP contribution in [0.2, 0.25) is 0 Å². The van der Waals surface area contributed by atoms with E-state index in [1.807, 2.05) is 42.5 Å². The van der Waals surface area contributed by atoms with Crippen molar-refractivity contribution in [2.24, 2.45) is 0 Å². The molecule has 0 unspecified atom stereocenters. The molecule has 2 heterocycles. The highest BCUT2D eigenvalue weighted by atomic mass is 16.1. The van der Waals surface area contributed by atoms with Gasteiger partial charge >= 0.3 is 0 Å². The fraction of sp³-hybridized carbons (Fsp3) is 0.150. The largest absolute Gasteiger partial charge is 0.294 e.